The van der Waals surface area contributed by atoms with Crippen molar-refractivity contribution in [3.63, 3.8) is 0 Å². The second kappa shape index (κ2) is 8.25. The molecule has 0 unspecified atom stereocenters. The van der Waals surface area contributed by atoms with Crippen LogP contribution in [0.2, 0.25) is 0 Å². The molecule has 0 saturated heterocycles. The van der Waals surface area contributed by atoms with Crippen LogP contribution in [0.15, 0.2) is 121 Å². The summed E-state index contributed by atoms with van der Waals surface area (Å²) >= 11 is 0. The van der Waals surface area contributed by atoms with E-state index in [1.807, 2.05) is 12.1 Å². The monoisotopic (exact) mass is 474 g/mol. The highest BCUT2D eigenvalue weighted by Crippen LogP contribution is 2.52. The van der Waals surface area contributed by atoms with Gasteiger partial charge in [-0.3, -0.25) is 0 Å². The molecule has 6 aromatic rings. The van der Waals surface area contributed by atoms with Gasteiger partial charge in [-0.05, 0) is 51.2 Å². The average Bonchev–Trinajstić information content (AvgIpc) is 3.18. The highest BCUT2D eigenvalue weighted by Gasteiger charge is 2.38. The zero-order valence-electron chi connectivity index (χ0n) is 20.9. The summed E-state index contributed by atoms with van der Waals surface area (Å²) < 4.78 is 0. The number of fused-ring (bicyclic) bond motifs is 4. The smallest absolute Gasteiger partial charge is 0.160 e. The van der Waals surface area contributed by atoms with E-state index in [0.29, 0.717) is 0 Å². The maximum Gasteiger partial charge on any atom is 0.160 e. The Bertz CT molecular complexity index is 1730. The number of benzene rings is 5. The first-order valence-corrected chi connectivity index (χ1v) is 12.8. The van der Waals surface area contributed by atoms with E-state index >= 15 is 0 Å². The summed E-state index contributed by atoms with van der Waals surface area (Å²) in [5.74, 6) is 0.766. The minimum absolute atomic E-state index is 0.176. The summed E-state index contributed by atoms with van der Waals surface area (Å²) in [6, 6.07) is 42.8. The Morgan fingerprint density at radius 1 is 0.486 bits per heavy atom. The van der Waals surface area contributed by atoms with Gasteiger partial charge in [0.25, 0.3) is 0 Å². The molecule has 2 heteroatoms. The van der Waals surface area contributed by atoms with E-state index in [4.69, 9.17) is 9.97 Å². The van der Waals surface area contributed by atoms with Crippen LogP contribution in [0, 0.1) is 0 Å². The molecule has 0 N–H and O–H groups in total. The molecule has 37 heavy (non-hydrogen) atoms. The van der Waals surface area contributed by atoms with Gasteiger partial charge in [-0.2, -0.15) is 0 Å². The van der Waals surface area contributed by atoms with Crippen molar-refractivity contribution >= 4 is 10.8 Å². The molecule has 0 saturated carbocycles. The van der Waals surface area contributed by atoms with Crippen LogP contribution >= 0.6 is 0 Å². The molecular weight excluding hydrogens is 448 g/mol. The molecule has 1 aliphatic carbocycles. The van der Waals surface area contributed by atoms with Crippen molar-refractivity contribution < 1.29 is 0 Å². The second-order valence-electron chi connectivity index (χ2n) is 10.3. The van der Waals surface area contributed by atoms with Crippen molar-refractivity contribution in [3.05, 3.63) is 132 Å². The van der Waals surface area contributed by atoms with E-state index in [2.05, 4.69) is 123 Å². The van der Waals surface area contributed by atoms with Crippen LogP contribution in [0.5, 0.6) is 0 Å². The molecule has 1 heterocycles. The first kappa shape index (κ1) is 21.7. The molecule has 1 aromatic heterocycles. The standard InChI is InChI=1S/C35H26N2/c1-35(2)30-21-26-17-10-9-16-25(26)20-29(30)27-18-11-19-28(33(27)35)34-36-31(23-12-5-3-6-13-23)22-32(37-34)24-14-7-4-8-15-24/h3-22H,1-2H3. The van der Waals surface area contributed by atoms with Gasteiger partial charge in [-0.25, -0.2) is 9.97 Å². The first-order chi connectivity index (χ1) is 18.1. The lowest BCUT2D eigenvalue weighted by Crippen LogP contribution is -2.16. The van der Waals surface area contributed by atoms with Gasteiger partial charge < -0.3 is 0 Å². The third-order valence-corrected chi connectivity index (χ3v) is 7.64. The van der Waals surface area contributed by atoms with E-state index in [9.17, 15) is 0 Å². The van der Waals surface area contributed by atoms with Crippen LogP contribution in [-0.2, 0) is 5.41 Å². The Labute approximate surface area is 217 Å². The highest BCUT2D eigenvalue weighted by molar-refractivity contribution is 5.95. The Balaban J connectivity index is 1.48. The lowest BCUT2D eigenvalue weighted by molar-refractivity contribution is 0.662. The normalized spacial score (nSPS) is 13.4. The van der Waals surface area contributed by atoms with Gasteiger partial charge in [0, 0.05) is 22.1 Å². The fourth-order valence-corrected chi connectivity index (χ4v) is 5.83. The molecule has 0 amide bonds. The van der Waals surface area contributed by atoms with Crippen LogP contribution in [0.25, 0.3) is 55.8 Å². The van der Waals surface area contributed by atoms with E-state index in [-0.39, 0.29) is 5.41 Å². The number of rotatable bonds is 3. The van der Waals surface area contributed by atoms with Gasteiger partial charge in [0.05, 0.1) is 11.4 Å². The molecule has 5 aromatic carbocycles. The molecule has 0 fully saturated rings. The van der Waals surface area contributed by atoms with Crippen molar-refractivity contribution in [2.75, 3.05) is 0 Å². The van der Waals surface area contributed by atoms with Crippen LogP contribution in [-0.4, -0.2) is 9.97 Å². The van der Waals surface area contributed by atoms with Crippen molar-refractivity contribution in [3.8, 4) is 45.0 Å². The third kappa shape index (κ3) is 3.48. The predicted molar refractivity (Wildman–Crippen MR) is 153 cm³/mol. The fourth-order valence-electron chi connectivity index (χ4n) is 5.83. The lowest BCUT2D eigenvalue weighted by Gasteiger charge is -2.24. The van der Waals surface area contributed by atoms with Gasteiger partial charge in [-0.15, -0.1) is 0 Å². The van der Waals surface area contributed by atoms with Gasteiger partial charge >= 0.3 is 0 Å². The largest absolute Gasteiger partial charge is 0.228 e. The quantitative estimate of drug-likeness (QED) is 0.256. The third-order valence-electron chi connectivity index (χ3n) is 7.64. The highest BCUT2D eigenvalue weighted by atomic mass is 14.9. The predicted octanol–water partition coefficient (Wildman–Crippen LogP) is 8.94. The summed E-state index contributed by atoms with van der Waals surface area (Å²) in [6.45, 7) is 4.66. The molecule has 0 spiro atoms. The van der Waals surface area contributed by atoms with Crippen LogP contribution in [0.1, 0.15) is 25.0 Å². The second-order valence-corrected chi connectivity index (χ2v) is 10.3. The van der Waals surface area contributed by atoms with E-state index in [0.717, 1.165) is 33.9 Å². The zero-order valence-corrected chi connectivity index (χ0v) is 20.9. The summed E-state index contributed by atoms with van der Waals surface area (Å²) in [7, 11) is 0. The minimum Gasteiger partial charge on any atom is -0.228 e. The summed E-state index contributed by atoms with van der Waals surface area (Å²) in [5, 5.41) is 2.54. The SMILES string of the molecule is CC1(C)c2cc3ccccc3cc2-c2cccc(-c3nc(-c4ccccc4)cc(-c4ccccc4)n3)c21. The van der Waals surface area contributed by atoms with Crippen molar-refractivity contribution in [2.24, 2.45) is 0 Å². The fraction of sp³-hybridized carbons (Fsp3) is 0.0857. The number of hydrogen-bond acceptors (Lipinski definition) is 2. The van der Waals surface area contributed by atoms with Crippen molar-refractivity contribution in [1.82, 2.24) is 9.97 Å². The maximum atomic E-state index is 5.15. The number of nitrogens with zero attached hydrogens (tertiary/aromatic N) is 2. The molecule has 1 aliphatic rings. The van der Waals surface area contributed by atoms with Crippen LogP contribution < -0.4 is 0 Å². The van der Waals surface area contributed by atoms with E-state index in [1.54, 1.807) is 0 Å². The minimum atomic E-state index is -0.176. The van der Waals surface area contributed by atoms with Gasteiger partial charge in [0.1, 0.15) is 0 Å². The Kier molecular flexibility index (Phi) is 4.84. The Hall–Kier alpha value is -4.56. The lowest BCUT2D eigenvalue weighted by atomic mass is 9.79. The van der Waals surface area contributed by atoms with Crippen LogP contribution in [0.3, 0.4) is 0 Å². The number of aromatic nitrogens is 2. The first-order valence-electron chi connectivity index (χ1n) is 12.8. The van der Waals surface area contributed by atoms with Gasteiger partial charge in [-0.1, -0.05) is 117 Å². The molecule has 0 radical (unpaired) electrons. The molecular formula is C35H26N2. The van der Waals surface area contributed by atoms with E-state index < -0.39 is 0 Å². The molecule has 0 aliphatic heterocycles. The van der Waals surface area contributed by atoms with E-state index in [1.165, 1.54) is 33.0 Å². The Morgan fingerprint density at radius 3 is 1.65 bits per heavy atom. The van der Waals surface area contributed by atoms with Crippen molar-refractivity contribution in [2.45, 2.75) is 19.3 Å². The molecule has 176 valence electrons. The molecule has 2 nitrogen and oxygen atoms in total. The topological polar surface area (TPSA) is 25.8 Å². The maximum absolute atomic E-state index is 5.15. The molecule has 7 rings (SSSR count). The summed E-state index contributed by atoms with van der Waals surface area (Å²) in [6.07, 6.45) is 0. The summed E-state index contributed by atoms with van der Waals surface area (Å²) in [5.41, 5.74) is 10.2. The van der Waals surface area contributed by atoms with Crippen molar-refractivity contribution in [1.29, 1.82) is 0 Å². The molecule has 0 bridgehead atoms. The summed E-state index contributed by atoms with van der Waals surface area (Å²) in [4.78, 5) is 10.3. The average molecular weight is 475 g/mol. The number of hydrogen-bond donors (Lipinski definition) is 0. The van der Waals surface area contributed by atoms with Gasteiger partial charge in [0.2, 0.25) is 0 Å². The molecule has 0 atom stereocenters. The Morgan fingerprint density at radius 2 is 1.03 bits per heavy atom. The van der Waals surface area contributed by atoms with Crippen LogP contribution in [0.4, 0.5) is 0 Å². The van der Waals surface area contributed by atoms with Gasteiger partial charge in [0.15, 0.2) is 5.82 Å². The zero-order chi connectivity index (χ0) is 25.0.